The molecule has 2 aromatic rings. The van der Waals surface area contributed by atoms with Gasteiger partial charge in [0.1, 0.15) is 17.7 Å². The summed E-state index contributed by atoms with van der Waals surface area (Å²) < 4.78 is 7.86. The number of imidazole rings is 1. The number of rotatable bonds is 5. The van der Waals surface area contributed by atoms with Crippen LogP contribution in [0.4, 0.5) is 17.7 Å². The fraction of sp³-hybridized carbons (Fsp3) is 0.625. The van der Waals surface area contributed by atoms with Gasteiger partial charge in [-0.15, -0.1) is 0 Å². The van der Waals surface area contributed by atoms with Gasteiger partial charge < -0.3 is 25.6 Å². The molecule has 0 bridgehead atoms. The molecule has 1 unspecified atom stereocenters. The number of ether oxygens (including phenoxy) is 1. The molecule has 12 nitrogen and oxygen atoms in total. The van der Waals surface area contributed by atoms with Crippen LogP contribution >= 0.6 is 0 Å². The first-order valence-electron chi connectivity index (χ1n) is 12.7. The second kappa shape index (κ2) is 10.0. The minimum Gasteiger partial charge on any atom is -0.379 e. The Morgan fingerprint density at radius 1 is 1.19 bits per heavy atom. The lowest BCUT2D eigenvalue weighted by molar-refractivity contribution is -0.131. The Bertz CT molecular complexity index is 1120. The molecule has 2 aromatic heterocycles. The normalized spacial score (nSPS) is 22.9. The zero-order chi connectivity index (χ0) is 25.4. The highest BCUT2D eigenvalue weighted by Crippen LogP contribution is 2.37. The van der Waals surface area contributed by atoms with Gasteiger partial charge in [-0.2, -0.15) is 0 Å². The van der Waals surface area contributed by atoms with Gasteiger partial charge in [0.05, 0.1) is 18.8 Å². The summed E-state index contributed by atoms with van der Waals surface area (Å²) in [5.41, 5.74) is 7.42. The van der Waals surface area contributed by atoms with Crippen molar-refractivity contribution >= 4 is 29.5 Å². The maximum absolute atomic E-state index is 12.1. The Morgan fingerprint density at radius 3 is 2.56 bits per heavy atom. The van der Waals surface area contributed by atoms with Crippen LogP contribution in [0, 0.1) is 5.92 Å². The topological polar surface area (TPSA) is 130 Å². The van der Waals surface area contributed by atoms with E-state index in [0.29, 0.717) is 31.5 Å². The number of piperazine rings is 1. The van der Waals surface area contributed by atoms with Gasteiger partial charge >= 0.3 is 0 Å². The van der Waals surface area contributed by atoms with Gasteiger partial charge in [0.15, 0.2) is 5.82 Å². The van der Waals surface area contributed by atoms with Crippen LogP contribution in [0.25, 0.3) is 0 Å². The highest BCUT2D eigenvalue weighted by Gasteiger charge is 2.37. The average molecular weight is 497 g/mol. The largest absolute Gasteiger partial charge is 0.379 e. The van der Waals surface area contributed by atoms with Crippen molar-refractivity contribution in [2.24, 2.45) is 10.9 Å². The molecular formula is C24H36N10O2. The third-order valence-electron chi connectivity index (χ3n) is 6.92. The van der Waals surface area contributed by atoms with E-state index in [1.54, 1.807) is 19.3 Å². The molecular weight excluding hydrogens is 460 g/mol. The number of carbonyl (C=O) groups excluding carboxylic acids is 1. The fourth-order valence-electron chi connectivity index (χ4n) is 5.18. The number of aromatic nitrogens is 4. The number of amidine groups is 1. The summed E-state index contributed by atoms with van der Waals surface area (Å²) in [6, 6.07) is 0.108. The van der Waals surface area contributed by atoms with E-state index in [1.165, 1.54) is 0 Å². The monoisotopic (exact) mass is 496 g/mol. The van der Waals surface area contributed by atoms with Crippen LogP contribution in [0.15, 0.2) is 17.4 Å². The smallest absolute Gasteiger partial charge is 0.219 e. The molecule has 2 saturated heterocycles. The molecule has 0 saturated carbocycles. The van der Waals surface area contributed by atoms with Crippen LogP contribution < -0.4 is 16.0 Å². The maximum Gasteiger partial charge on any atom is 0.219 e. The first-order valence-corrected chi connectivity index (χ1v) is 12.7. The first-order chi connectivity index (χ1) is 17.3. The molecule has 36 heavy (non-hydrogen) atoms. The molecule has 2 atom stereocenters. The van der Waals surface area contributed by atoms with Gasteiger partial charge in [-0.1, -0.05) is 13.8 Å². The molecule has 3 N–H and O–H groups in total. The van der Waals surface area contributed by atoms with Gasteiger partial charge in [-0.25, -0.2) is 19.9 Å². The number of amides is 1. The zero-order valence-electron chi connectivity index (χ0n) is 21.5. The number of anilines is 2. The average Bonchev–Trinajstić information content (AvgIpc) is 3.22. The lowest BCUT2D eigenvalue weighted by Crippen LogP contribution is -2.54. The highest BCUT2D eigenvalue weighted by atomic mass is 16.5. The molecule has 0 radical (unpaired) electrons. The van der Waals surface area contributed by atoms with Crippen molar-refractivity contribution in [3.05, 3.63) is 23.7 Å². The summed E-state index contributed by atoms with van der Waals surface area (Å²) in [6.45, 7) is 14.0. The maximum atomic E-state index is 12.1. The zero-order valence-corrected chi connectivity index (χ0v) is 21.5. The van der Waals surface area contributed by atoms with Crippen LogP contribution in [-0.4, -0.2) is 93.0 Å². The van der Waals surface area contributed by atoms with Gasteiger partial charge in [0.25, 0.3) is 0 Å². The molecule has 3 aliphatic heterocycles. The Kier molecular flexibility index (Phi) is 6.80. The van der Waals surface area contributed by atoms with Crippen molar-refractivity contribution in [3.63, 3.8) is 0 Å². The number of nitrogens with zero attached hydrogens (tertiary/aromatic N) is 8. The van der Waals surface area contributed by atoms with Crippen LogP contribution in [0.1, 0.15) is 45.1 Å². The molecule has 0 aliphatic carbocycles. The number of carbonyl (C=O) groups is 1. The Morgan fingerprint density at radius 2 is 1.92 bits per heavy atom. The van der Waals surface area contributed by atoms with Crippen molar-refractivity contribution in [1.82, 2.24) is 34.6 Å². The van der Waals surface area contributed by atoms with Crippen molar-refractivity contribution < 1.29 is 9.53 Å². The number of hydrogen-bond acceptors (Lipinski definition) is 10. The number of nitrogens with two attached hydrogens (primary N) is 1. The number of morpholine rings is 1. The minimum atomic E-state index is -0.156. The Labute approximate surface area is 211 Å². The van der Waals surface area contributed by atoms with E-state index >= 15 is 0 Å². The van der Waals surface area contributed by atoms with E-state index in [0.717, 1.165) is 55.7 Å². The predicted octanol–water partition coefficient (Wildman–Crippen LogP) is 0.981. The molecule has 5 heterocycles. The van der Waals surface area contributed by atoms with Crippen LogP contribution in [0.2, 0.25) is 0 Å². The van der Waals surface area contributed by atoms with Crippen molar-refractivity contribution in [2.75, 3.05) is 56.6 Å². The van der Waals surface area contributed by atoms with Crippen LogP contribution in [-0.2, 0) is 16.1 Å². The number of nitrogen functional groups attached to an aromatic ring is 1. The summed E-state index contributed by atoms with van der Waals surface area (Å²) in [7, 11) is 0. The van der Waals surface area contributed by atoms with Crippen LogP contribution in [0.3, 0.4) is 0 Å². The van der Waals surface area contributed by atoms with Gasteiger partial charge in [-0.3, -0.25) is 14.3 Å². The SMILES string of the molecule is CC(=O)N1CCN(c2nc3c(n2CC(C)C)N=C(c2cnc(N)nc2)NC3N2CCOCC2)C[C@@H]1C. The highest BCUT2D eigenvalue weighted by molar-refractivity contribution is 6.01. The third kappa shape index (κ3) is 4.74. The molecule has 12 heteroatoms. The van der Waals surface area contributed by atoms with E-state index in [-0.39, 0.29) is 24.1 Å². The van der Waals surface area contributed by atoms with Crippen LogP contribution in [0.5, 0.6) is 0 Å². The van der Waals surface area contributed by atoms with E-state index in [2.05, 4.69) is 50.4 Å². The first kappa shape index (κ1) is 24.4. The van der Waals surface area contributed by atoms with Crippen molar-refractivity contribution in [3.8, 4) is 0 Å². The molecule has 194 valence electrons. The predicted molar refractivity (Wildman–Crippen MR) is 137 cm³/mol. The summed E-state index contributed by atoms with van der Waals surface area (Å²) in [5.74, 6) is 3.19. The fourth-order valence-corrected chi connectivity index (χ4v) is 5.18. The van der Waals surface area contributed by atoms with Crippen molar-refractivity contribution in [2.45, 2.75) is 46.4 Å². The summed E-state index contributed by atoms with van der Waals surface area (Å²) >= 11 is 0. The van der Waals surface area contributed by atoms with Crippen molar-refractivity contribution in [1.29, 1.82) is 0 Å². The minimum absolute atomic E-state index is 0.108. The number of aliphatic imine (C=N–C) groups is 1. The van der Waals surface area contributed by atoms with Gasteiger partial charge in [0.2, 0.25) is 17.8 Å². The van der Waals surface area contributed by atoms with E-state index in [1.807, 2.05) is 4.90 Å². The molecule has 3 aliphatic rings. The Hall–Kier alpha value is -3.25. The van der Waals surface area contributed by atoms with Gasteiger partial charge in [-0.05, 0) is 12.8 Å². The third-order valence-corrected chi connectivity index (χ3v) is 6.92. The molecule has 0 spiro atoms. The molecule has 1 amide bonds. The summed E-state index contributed by atoms with van der Waals surface area (Å²) in [4.78, 5) is 37.3. The lowest BCUT2D eigenvalue weighted by Gasteiger charge is -2.40. The standard InChI is InChI=1S/C24H36N10O2/c1-15(2)13-34-22-19(28-24(34)32-5-6-33(17(4)35)16(3)14-32)21(31-7-9-36-10-8-31)29-20(30-22)18-11-26-23(25)27-12-18/h11-12,15-16,21H,5-10,13-14H2,1-4H3,(H,29,30)(H2,25,26,27)/t16-,21?/m0/s1. The quantitative estimate of drug-likeness (QED) is 0.622. The summed E-state index contributed by atoms with van der Waals surface area (Å²) in [6.07, 6.45) is 3.24. The second-order valence-electron chi connectivity index (χ2n) is 10.1. The molecule has 2 fully saturated rings. The van der Waals surface area contributed by atoms with E-state index in [9.17, 15) is 4.79 Å². The molecule has 0 aromatic carbocycles. The van der Waals surface area contributed by atoms with E-state index in [4.69, 9.17) is 20.4 Å². The second-order valence-corrected chi connectivity index (χ2v) is 10.1. The van der Waals surface area contributed by atoms with Gasteiger partial charge in [0, 0.05) is 64.6 Å². The number of fused-ring (bicyclic) bond motifs is 1. The lowest BCUT2D eigenvalue weighted by atomic mass is 10.2. The Balaban J connectivity index is 1.58. The molecule has 5 rings (SSSR count). The summed E-state index contributed by atoms with van der Waals surface area (Å²) in [5, 5.41) is 3.60. The number of nitrogens with one attached hydrogen (secondary N) is 1. The van der Waals surface area contributed by atoms with E-state index < -0.39 is 0 Å². The number of hydrogen-bond donors (Lipinski definition) is 2.